The Kier molecular flexibility index (Phi) is 4.94. The average molecular weight is 345 g/mol. The molecule has 2 atom stereocenters. The Bertz CT molecular complexity index is 759. The molecule has 1 aromatic heterocycles. The third-order valence-electron chi connectivity index (χ3n) is 4.56. The summed E-state index contributed by atoms with van der Waals surface area (Å²) in [6, 6.07) is 7.07. The zero-order chi connectivity index (χ0) is 18.0. The molecule has 0 radical (unpaired) electrons. The summed E-state index contributed by atoms with van der Waals surface area (Å²) in [4.78, 5) is 14.5. The van der Waals surface area contributed by atoms with Crippen LogP contribution in [0, 0.1) is 12.8 Å². The number of methoxy groups -OCH3 is 2. The highest BCUT2D eigenvalue weighted by molar-refractivity contribution is 5.97. The molecule has 7 heteroatoms. The zero-order valence-corrected chi connectivity index (χ0v) is 14.7. The van der Waals surface area contributed by atoms with E-state index in [1.165, 1.54) is 7.11 Å². The predicted molar refractivity (Wildman–Crippen MR) is 92.0 cm³/mol. The number of hydrogen-bond acceptors (Lipinski definition) is 5. The lowest BCUT2D eigenvalue weighted by molar-refractivity contribution is 0.0761. The van der Waals surface area contributed by atoms with Crippen molar-refractivity contribution < 1.29 is 19.4 Å². The third-order valence-corrected chi connectivity index (χ3v) is 4.56. The van der Waals surface area contributed by atoms with Gasteiger partial charge in [0.15, 0.2) is 0 Å². The van der Waals surface area contributed by atoms with E-state index < -0.39 is 6.10 Å². The number of nitrogens with one attached hydrogen (secondary N) is 1. The second-order valence-electron chi connectivity index (χ2n) is 6.35. The maximum atomic E-state index is 12.8. The molecule has 0 spiro atoms. The highest BCUT2D eigenvalue weighted by Crippen LogP contribution is 2.28. The molecule has 0 aliphatic carbocycles. The first-order valence-electron chi connectivity index (χ1n) is 8.22. The highest BCUT2D eigenvalue weighted by atomic mass is 16.5. The van der Waals surface area contributed by atoms with Gasteiger partial charge in [0.25, 0.3) is 5.91 Å². The molecule has 2 heterocycles. The Morgan fingerprint density at radius 2 is 2.12 bits per heavy atom. The quantitative estimate of drug-likeness (QED) is 0.855. The van der Waals surface area contributed by atoms with Crippen molar-refractivity contribution in [2.75, 3.05) is 27.3 Å². The molecule has 1 aliphatic heterocycles. The summed E-state index contributed by atoms with van der Waals surface area (Å²) in [5.74, 6) is 0.905. The second kappa shape index (κ2) is 7.14. The predicted octanol–water partition coefficient (Wildman–Crippen LogP) is 1.41. The third kappa shape index (κ3) is 3.61. The fourth-order valence-electron chi connectivity index (χ4n) is 3.21. The number of nitrogens with zero attached hydrogens (tertiary/aromatic N) is 2. The smallest absolute Gasteiger partial charge is 0.257 e. The van der Waals surface area contributed by atoms with E-state index in [1.54, 1.807) is 30.2 Å². The molecule has 1 aliphatic rings. The standard InChI is InChI=1S/C18H23N3O4/c1-11-6-13(20-19-11)7-12-9-21(10-16(12)22)18(23)15-5-4-14(24-2)8-17(15)25-3/h4-6,8,12,16,22H,7,9-10H2,1-3H3,(H,19,20)/t12-,16-/m1/s1. The number of benzene rings is 1. The molecule has 2 N–H and O–H groups in total. The topological polar surface area (TPSA) is 87.7 Å². The van der Waals surface area contributed by atoms with Crippen molar-refractivity contribution in [1.82, 2.24) is 15.1 Å². The van der Waals surface area contributed by atoms with Gasteiger partial charge >= 0.3 is 0 Å². The van der Waals surface area contributed by atoms with Crippen LogP contribution in [-0.2, 0) is 6.42 Å². The van der Waals surface area contributed by atoms with E-state index in [0.717, 1.165) is 11.4 Å². The molecule has 0 unspecified atom stereocenters. The van der Waals surface area contributed by atoms with Gasteiger partial charge in [-0.05, 0) is 31.5 Å². The number of aromatic nitrogens is 2. The maximum Gasteiger partial charge on any atom is 0.257 e. The summed E-state index contributed by atoms with van der Waals surface area (Å²) in [7, 11) is 3.08. The molecule has 7 nitrogen and oxygen atoms in total. The van der Waals surface area contributed by atoms with E-state index in [0.29, 0.717) is 36.6 Å². The van der Waals surface area contributed by atoms with Crippen LogP contribution in [0.5, 0.6) is 11.5 Å². The van der Waals surface area contributed by atoms with Crippen LogP contribution in [0.1, 0.15) is 21.7 Å². The van der Waals surface area contributed by atoms with Crippen LogP contribution in [0.25, 0.3) is 0 Å². The number of amides is 1. The van der Waals surface area contributed by atoms with E-state index in [1.807, 2.05) is 13.0 Å². The van der Waals surface area contributed by atoms with Crippen molar-refractivity contribution in [1.29, 1.82) is 0 Å². The molecule has 0 saturated carbocycles. The number of aliphatic hydroxyl groups excluding tert-OH is 1. The van der Waals surface area contributed by atoms with Crippen LogP contribution in [0.3, 0.4) is 0 Å². The fourth-order valence-corrected chi connectivity index (χ4v) is 3.21. The van der Waals surface area contributed by atoms with Crippen molar-refractivity contribution in [3.05, 3.63) is 41.2 Å². The normalized spacial score (nSPS) is 19.9. The van der Waals surface area contributed by atoms with E-state index in [-0.39, 0.29) is 11.8 Å². The number of H-pyrrole nitrogens is 1. The average Bonchev–Trinajstić information content (AvgIpc) is 3.19. The number of rotatable bonds is 5. The lowest BCUT2D eigenvalue weighted by Crippen LogP contribution is -2.30. The summed E-state index contributed by atoms with van der Waals surface area (Å²) in [6.45, 7) is 2.73. The summed E-state index contributed by atoms with van der Waals surface area (Å²) in [5, 5.41) is 17.5. The van der Waals surface area contributed by atoms with Crippen molar-refractivity contribution in [2.45, 2.75) is 19.4 Å². The molecule has 1 amide bonds. The van der Waals surface area contributed by atoms with Crippen LogP contribution in [0.4, 0.5) is 0 Å². The first-order chi connectivity index (χ1) is 12.0. The number of carbonyl (C=O) groups excluding carboxylic acids is 1. The fraction of sp³-hybridized carbons (Fsp3) is 0.444. The maximum absolute atomic E-state index is 12.8. The van der Waals surface area contributed by atoms with E-state index >= 15 is 0 Å². The van der Waals surface area contributed by atoms with Crippen LogP contribution in [-0.4, -0.2) is 59.5 Å². The van der Waals surface area contributed by atoms with Crippen molar-refractivity contribution in [2.24, 2.45) is 5.92 Å². The molecule has 3 rings (SSSR count). The Hall–Kier alpha value is -2.54. The van der Waals surface area contributed by atoms with E-state index in [9.17, 15) is 9.90 Å². The number of hydrogen-bond donors (Lipinski definition) is 2. The van der Waals surface area contributed by atoms with Gasteiger partial charge in [0, 0.05) is 30.8 Å². The van der Waals surface area contributed by atoms with Gasteiger partial charge in [-0.25, -0.2) is 0 Å². The lowest BCUT2D eigenvalue weighted by Gasteiger charge is -2.18. The van der Waals surface area contributed by atoms with Gasteiger partial charge in [0.2, 0.25) is 0 Å². The van der Waals surface area contributed by atoms with Gasteiger partial charge in [-0.1, -0.05) is 0 Å². The van der Waals surface area contributed by atoms with Crippen molar-refractivity contribution in [3.63, 3.8) is 0 Å². The molecule has 1 saturated heterocycles. The Balaban J connectivity index is 1.73. The first-order valence-corrected chi connectivity index (χ1v) is 8.22. The minimum atomic E-state index is -0.565. The van der Waals surface area contributed by atoms with Gasteiger partial charge in [0.05, 0.1) is 31.6 Å². The van der Waals surface area contributed by atoms with Crippen LogP contribution >= 0.6 is 0 Å². The molecular weight excluding hydrogens is 322 g/mol. The van der Waals surface area contributed by atoms with E-state index in [4.69, 9.17) is 9.47 Å². The van der Waals surface area contributed by atoms with Crippen molar-refractivity contribution in [3.8, 4) is 11.5 Å². The Morgan fingerprint density at radius 1 is 1.32 bits per heavy atom. The Labute approximate surface area is 146 Å². The molecule has 2 aromatic rings. The number of carbonyl (C=O) groups is 1. The molecule has 25 heavy (non-hydrogen) atoms. The molecular formula is C18H23N3O4. The summed E-state index contributed by atoms with van der Waals surface area (Å²) in [5.41, 5.74) is 2.35. The number of aromatic amines is 1. The number of β-amino-alcohol motifs (C(OH)–C–C–N with tert-alkyl or cyclic N) is 1. The number of aryl methyl sites for hydroxylation is 1. The second-order valence-corrected chi connectivity index (χ2v) is 6.35. The number of aliphatic hydroxyl groups is 1. The highest BCUT2D eigenvalue weighted by Gasteiger charge is 2.35. The summed E-state index contributed by atoms with van der Waals surface area (Å²) >= 11 is 0. The minimum Gasteiger partial charge on any atom is -0.497 e. The summed E-state index contributed by atoms with van der Waals surface area (Å²) < 4.78 is 10.5. The molecule has 134 valence electrons. The zero-order valence-electron chi connectivity index (χ0n) is 14.7. The van der Waals surface area contributed by atoms with Crippen molar-refractivity contribution >= 4 is 5.91 Å². The van der Waals surface area contributed by atoms with Gasteiger partial charge in [-0.2, -0.15) is 5.10 Å². The van der Waals surface area contributed by atoms with Crippen LogP contribution in [0.2, 0.25) is 0 Å². The van der Waals surface area contributed by atoms with Gasteiger partial charge in [0.1, 0.15) is 11.5 Å². The number of ether oxygens (including phenoxy) is 2. The monoisotopic (exact) mass is 345 g/mol. The van der Waals surface area contributed by atoms with Crippen LogP contribution in [0.15, 0.2) is 24.3 Å². The molecule has 1 aromatic carbocycles. The minimum absolute atomic E-state index is 0.0316. The van der Waals surface area contributed by atoms with Gasteiger partial charge in [-0.15, -0.1) is 0 Å². The van der Waals surface area contributed by atoms with E-state index in [2.05, 4.69) is 10.2 Å². The molecule has 0 bridgehead atoms. The first kappa shape index (κ1) is 17.3. The Morgan fingerprint density at radius 3 is 2.76 bits per heavy atom. The SMILES string of the molecule is COc1ccc(C(=O)N2C[C@@H](Cc3cc(C)[nH]n3)[C@H](O)C2)c(OC)c1. The lowest BCUT2D eigenvalue weighted by atomic mass is 10.0. The van der Waals surface area contributed by atoms with Gasteiger partial charge in [-0.3, -0.25) is 9.89 Å². The van der Waals surface area contributed by atoms with Gasteiger partial charge < -0.3 is 19.5 Å². The number of likely N-dealkylation sites (tertiary alicyclic amines) is 1. The van der Waals surface area contributed by atoms with Crippen LogP contribution < -0.4 is 9.47 Å². The largest absolute Gasteiger partial charge is 0.497 e. The summed E-state index contributed by atoms with van der Waals surface area (Å²) in [6.07, 6.45) is 0.0693. The molecule has 1 fully saturated rings.